The van der Waals surface area contributed by atoms with Crippen LogP contribution in [0, 0.1) is 11.6 Å². The fourth-order valence-electron chi connectivity index (χ4n) is 1.56. The molecule has 1 N–H and O–H groups in total. The van der Waals surface area contributed by atoms with E-state index in [1.165, 1.54) is 0 Å². The molecule has 0 unspecified atom stereocenters. The molecule has 0 atom stereocenters. The zero-order valence-corrected chi connectivity index (χ0v) is 8.99. The number of hydrogen-bond acceptors (Lipinski definition) is 3. The molecule has 1 aliphatic rings. The predicted molar refractivity (Wildman–Crippen MR) is 58.1 cm³/mol. The van der Waals surface area contributed by atoms with Crippen molar-refractivity contribution in [3.05, 3.63) is 23.9 Å². The summed E-state index contributed by atoms with van der Waals surface area (Å²) in [6.45, 7) is 0. The Balaban J connectivity index is 2.03. The second kappa shape index (κ2) is 4.79. The van der Waals surface area contributed by atoms with Crippen LogP contribution in [0.1, 0.15) is 12.8 Å². The number of pyridine rings is 1. The highest BCUT2D eigenvalue weighted by atomic mass is 32.2. The van der Waals surface area contributed by atoms with E-state index in [4.69, 9.17) is 0 Å². The highest BCUT2D eigenvalue weighted by Gasteiger charge is 2.15. The van der Waals surface area contributed by atoms with Crippen LogP contribution in [0.15, 0.2) is 12.3 Å². The summed E-state index contributed by atoms with van der Waals surface area (Å²) in [6, 6.07) is 1.12. The zero-order chi connectivity index (χ0) is 10.7. The molecule has 0 saturated carbocycles. The summed E-state index contributed by atoms with van der Waals surface area (Å²) in [6.07, 6.45) is 3.04. The second-order valence-electron chi connectivity index (χ2n) is 3.51. The van der Waals surface area contributed by atoms with Crippen LogP contribution in [0.3, 0.4) is 0 Å². The van der Waals surface area contributed by atoms with Gasteiger partial charge in [0, 0.05) is 12.1 Å². The van der Waals surface area contributed by atoms with Crippen LogP contribution < -0.4 is 5.32 Å². The van der Waals surface area contributed by atoms with Crippen molar-refractivity contribution in [2.24, 2.45) is 0 Å². The van der Waals surface area contributed by atoms with Crippen molar-refractivity contribution in [2.45, 2.75) is 18.9 Å². The van der Waals surface area contributed by atoms with Crippen molar-refractivity contribution in [3.63, 3.8) is 0 Å². The monoisotopic (exact) mass is 230 g/mol. The fourth-order valence-corrected chi connectivity index (χ4v) is 2.66. The van der Waals surface area contributed by atoms with Crippen molar-refractivity contribution in [3.8, 4) is 0 Å². The Kier molecular flexibility index (Phi) is 3.41. The Labute approximate surface area is 91.5 Å². The maximum Gasteiger partial charge on any atom is 0.168 e. The van der Waals surface area contributed by atoms with Gasteiger partial charge in [0.25, 0.3) is 0 Å². The first-order chi connectivity index (χ1) is 7.25. The minimum absolute atomic E-state index is 0.160. The van der Waals surface area contributed by atoms with Gasteiger partial charge >= 0.3 is 0 Å². The largest absolute Gasteiger partial charge is 0.365 e. The first-order valence-electron chi connectivity index (χ1n) is 4.91. The quantitative estimate of drug-likeness (QED) is 0.845. The average Bonchev–Trinajstić information content (AvgIpc) is 2.24. The molecule has 0 amide bonds. The SMILES string of the molecule is Fc1cnc(NC2CCSCC2)c(F)c1. The maximum absolute atomic E-state index is 13.2. The van der Waals surface area contributed by atoms with Gasteiger partial charge in [-0.25, -0.2) is 13.8 Å². The van der Waals surface area contributed by atoms with Gasteiger partial charge in [0.05, 0.1) is 6.20 Å². The number of nitrogens with one attached hydrogen (secondary N) is 1. The normalized spacial score (nSPS) is 17.7. The molecule has 2 rings (SSSR count). The molecule has 0 aliphatic carbocycles. The number of hydrogen-bond donors (Lipinski definition) is 1. The Hall–Kier alpha value is -0.840. The third-order valence-corrected chi connectivity index (χ3v) is 3.42. The minimum atomic E-state index is -0.641. The van der Waals surface area contributed by atoms with Crippen LogP contribution in [0.4, 0.5) is 14.6 Å². The Morgan fingerprint density at radius 2 is 2.07 bits per heavy atom. The van der Waals surface area contributed by atoms with Crippen molar-refractivity contribution in [1.29, 1.82) is 0 Å². The molecule has 0 spiro atoms. The van der Waals surface area contributed by atoms with Crippen LogP contribution in [-0.2, 0) is 0 Å². The smallest absolute Gasteiger partial charge is 0.168 e. The first kappa shape index (κ1) is 10.7. The summed E-state index contributed by atoms with van der Waals surface area (Å²) in [7, 11) is 0. The predicted octanol–water partition coefficient (Wildman–Crippen LogP) is 2.67. The molecule has 1 aromatic rings. The lowest BCUT2D eigenvalue weighted by atomic mass is 10.1. The highest BCUT2D eigenvalue weighted by Crippen LogP contribution is 2.21. The lowest BCUT2D eigenvalue weighted by Crippen LogP contribution is -2.25. The van der Waals surface area contributed by atoms with Gasteiger partial charge in [-0.15, -0.1) is 0 Å². The van der Waals surface area contributed by atoms with Crippen molar-refractivity contribution < 1.29 is 8.78 Å². The molecular weight excluding hydrogens is 218 g/mol. The molecule has 5 heteroatoms. The van der Waals surface area contributed by atoms with E-state index < -0.39 is 11.6 Å². The van der Waals surface area contributed by atoms with Gasteiger partial charge in [-0.1, -0.05) is 0 Å². The van der Waals surface area contributed by atoms with E-state index in [0.29, 0.717) is 0 Å². The van der Waals surface area contributed by atoms with Crippen LogP contribution >= 0.6 is 11.8 Å². The Morgan fingerprint density at radius 3 is 2.73 bits per heavy atom. The van der Waals surface area contributed by atoms with Crippen molar-refractivity contribution >= 4 is 17.6 Å². The summed E-state index contributed by atoms with van der Waals surface area (Å²) in [5, 5.41) is 3.01. The topological polar surface area (TPSA) is 24.9 Å². The summed E-state index contributed by atoms with van der Waals surface area (Å²) in [5.74, 6) is 1.07. The summed E-state index contributed by atoms with van der Waals surface area (Å²) in [5.41, 5.74) is 0. The van der Waals surface area contributed by atoms with Gasteiger partial charge in [-0.2, -0.15) is 11.8 Å². The van der Waals surface area contributed by atoms with E-state index in [1.54, 1.807) is 0 Å². The number of thioether (sulfide) groups is 1. The summed E-state index contributed by atoms with van der Waals surface area (Å²) in [4.78, 5) is 3.70. The molecule has 1 aromatic heterocycles. The highest BCUT2D eigenvalue weighted by molar-refractivity contribution is 7.99. The van der Waals surface area contributed by atoms with Crippen LogP contribution in [-0.4, -0.2) is 22.5 Å². The molecule has 0 aromatic carbocycles. The minimum Gasteiger partial charge on any atom is -0.365 e. The van der Waals surface area contributed by atoms with E-state index in [2.05, 4.69) is 10.3 Å². The number of rotatable bonds is 2. The van der Waals surface area contributed by atoms with Gasteiger partial charge in [0.2, 0.25) is 0 Å². The third kappa shape index (κ3) is 2.81. The van der Waals surface area contributed by atoms with Crippen molar-refractivity contribution in [1.82, 2.24) is 4.98 Å². The van der Waals surface area contributed by atoms with Crippen LogP contribution in [0.5, 0.6) is 0 Å². The molecule has 1 aliphatic heterocycles. The van der Waals surface area contributed by atoms with Gasteiger partial charge in [0.15, 0.2) is 11.6 Å². The zero-order valence-electron chi connectivity index (χ0n) is 8.17. The fraction of sp³-hybridized carbons (Fsp3) is 0.500. The average molecular weight is 230 g/mol. The van der Waals surface area contributed by atoms with Gasteiger partial charge in [-0.05, 0) is 24.3 Å². The molecule has 1 saturated heterocycles. The number of halogens is 2. The standard InChI is InChI=1S/C10H12F2N2S/c11-7-5-9(12)10(13-6-7)14-8-1-3-15-4-2-8/h5-6,8H,1-4H2,(H,13,14). The lowest BCUT2D eigenvalue weighted by molar-refractivity contribution is 0.569. The van der Waals surface area contributed by atoms with E-state index in [1.807, 2.05) is 11.8 Å². The lowest BCUT2D eigenvalue weighted by Gasteiger charge is -2.23. The van der Waals surface area contributed by atoms with Gasteiger partial charge in [-0.3, -0.25) is 0 Å². The molecule has 0 radical (unpaired) electrons. The van der Waals surface area contributed by atoms with E-state index in [-0.39, 0.29) is 11.9 Å². The van der Waals surface area contributed by atoms with E-state index in [0.717, 1.165) is 36.6 Å². The second-order valence-corrected chi connectivity index (χ2v) is 4.74. The summed E-state index contributed by atoms with van der Waals surface area (Å²) < 4.78 is 25.8. The molecule has 1 fully saturated rings. The van der Waals surface area contributed by atoms with E-state index in [9.17, 15) is 8.78 Å². The Bertz CT molecular complexity index is 340. The number of aromatic nitrogens is 1. The molecule has 82 valence electrons. The Morgan fingerprint density at radius 1 is 1.33 bits per heavy atom. The van der Waals surface area contributed by atoms with Crippen LogP contribution in [0.25, 0.3) is 0 Å². The molecule has 2 heterocycles. The molecule has 2 nitrogen and oxygen atoms in total. The molecule has 0 bridgehead atoms. The summed E-state index contributed by atoms with van der Waals surface area (Å²) >= 11 is 1.90. The molecular formula is C10H12F2N2S. The van der Waals surface area contributed by atoms with E-state index >= 15 is 0 Å². The number of nitrogens with zero attached hydrogens (tertiary/aromatic N) is 1. The van der Waals surface area contributed by atoms with Gasteiger partial charge < -0.3 is 5.32 Å². The number of anilines is 1. The van der Waals surface area contributed by atoms with Gasteiger partial charge in [0.1, 0.15) is 5.82 Å². The maximum atomic E-state index is 13.2. The van der Waals surface area contributed by atoms with Crippen LogP contribution in [0.2, 0.25) is 0 Å². The molecule has 15 heavy (non-hydrogen) atoms. The first-order valence-corrected chi connectivity index (χ1v) is 6.06. The van der Waals surface area contributed by atoms with Crippen molar-refractivity contribution in [2.75, 3.05) is 16.8 Å². The third-order valence-electron chi connectivity index (χ3n) is 2.37.